The van der Waals surface area contributed by atoms with Gasteiger partial charge >= 0.3 is 0 Å². The predicted molar refractivity (Wildman–Crippen MR) is 110 cm³/mol. The van der Waals surface area contributed by atoms with Crippen LogP contribution in [-0.4, -0.2) is 61.7 Å². The molecular formula is C17H35IN4O2. The zero-order valence-electron chi connectivity index (χ0n) is 15.6. The first-order valence-electron chi connectivity index (χ1n) is 9.04. The van der Waals surface area contributed by atoms with Gasteiger partial charge in [-0.25, -0.2) is 0 Å². The van der Waals surface area contributed by atoms with Crippen molar-refractivity contribution >= 4 is 35.8 Å². The van der Waals surface area contributed by atoms with Gasteiger partial charge in [0.15, 0.2) is 5.96 Å². The number of ether oxygens (including phenoxy) is 1. The number of amides is 1. The predicted octanol–water partition coefficient (Wildman–Crippen LogP) is 2.38. The van der Waals surface area contributed by atoms with Crippen LogP contribution < -0.4 is 10.6 Å². The molecule has 1 rings (SSSR count). The minimum atomic E-state index is 0. The van der Waals surface area contributed by atoms with Gasteiger partial charge in [-0.2, -0.15) is 0 Å². The van der Waals surface area contributed by atoms with E-state index in [9.17, 15) is 4.79 Å². The van der Waals surface area contributed by atoms with E-state index in [4.69, 9.17) is 4.74 Å². The van der Waals surface area contributed by atoms with Crippen LogP contribution in [-0.2, 0) is 9.53 Å². The highest BCUT2D eigenvalue weighted by Gasteiger charge is 2.21. The topological polar surface area (TPSA) is 66.0 Å². The molecule has 1 aliphatic heterocycles. The van der Waals surface area contributed by atoms with Crippen molar-refractivity contribution < 1.29 is 9.53 Å². The van der Waals surface area contributed by atoms with Crippen LogP contribution in [0.5, 0.6) is 0 Å². The van der Waals surface area contributed by atoms with E-state index in [1.165, 1.54) is 0 Å². The van der Waals surface area contributed by atoms with Crippen LogP contribution in [0, 0.1) is 0 Å². The summed E-state index contributed by atoms with van der Waals surface area (Å²) >= 11 is 0. The Balaban J connectivity index is 0.00000529. The smallest absolute Gasteiger partial charge is 0.222 e. The van der Waals surface area contributed by atoms with Crippen LogP contribution >= 0.6 is 24.0 Å². The van der Waals surface area contributed by atoms with E-state index in [2.05, 4.69) is 34.4 Å². The van der Waals surface area contributed by atoms with Crippen molar-refractivity contribution in [2.75, 3.05) is 32.8 Å². The van der Waals surface area contributed by atoms with Crippen LogP contribution in [0.15, 0.2) is 4.99 Å². The van der Waals surface area contributed by atoms with E-state index >= 15 is 0 Å². The van der Waals surface area contributed by atoms with E-state index in [1.807, 2.05) is 13.8 Å². The van der Waals surface area contributed by atoms with Crippen molar-refractivity contribution in [2.24, 2.45) is 4.99 Å². The number of carbonyl (C=O) groups excluding carboxylic acids is 1. The summed E-state index contributed by atoms with van der Waals surface area (Å²) < 4.78 is 5.69. The average molecular weight is 454 g/mol. The summed E-state index contributed by atoms with van der Waals surface area (Å²) in [5.74, 6) is 0.993. The summed E-state index contributed by atoms with van der Waals surface area (Å²) in [4.78, 5) is 18.7. The number of nitrogens with zero attached hydrogens (tertiary/aromatic N) is 2. The Hall–Kier alpha value is -0.570. The summed E-state index contributed by atoms with van der Waals surface area (Å²) in [6.45, 7) is 12.3. The Labute approximate surface area is 164 Å². The van der Waals surface area contributed by atoms with Crippen molar-refractivity contribution in [3.8, 4) is 0 Å². The molecule has 0 radical (unpaired) electrons. The Kier molecular flexibility index (Phi) is 13.4. The van der Waals surface area contributed by atoms with E-state index < -0.39 is 0 Å². The second kappa shape index (κ2) is 13.7. The van der Waals surface area contributed by atoms with Gasteiger partial charge in [-0.3, -0.25) is 9.79 Å². The monoisotopic (exact) mass is 454 g/mol. The molecule has 1 fully saturated rings. The Bertz CT molecular complexity index is 372. The molecule has 24 heavy (non-hydrogen) atoms. The molecule has 1 atom stereocenters. The molecule has 6 nitrogen and oxygen atoms in total. The first-order chi connectivity index (χ1) is 11.1. The largest absolute Gasteiger partial charge is 0.378 e. The molecule has 0 aromatic heterocycles. The first kappa shape index (κ1) is 23.4. The minimum absolute atomic E-state index is 0. The highest BCUT2D eigenvalue weighted by atomic mass is 127. The number of carbonyl (C=O) groups is 1. The lowest BCUT2D eigenvalue weighted by atomic mass is 10.1. The number of hydrogen-bond acceptors (Lipinski definition) is 3. The Morgan fingerprint density at radius 3 is 2.50 bits per heavy atom. The Morgan fingerprint density at radius 2 is 1.96 bits per heavy atom. The zero-order valence-corrected chi connectivity index (χ0v) is 18.0. The van der Waals surface area contributed by atoms with E-state index in [0.717, 1.165) is 51.5 Å². The zero-order chi connectivity index (χ0) is 17.1. The fraction of sp³-hybridized carbons (Fsp3) is 0.882. The number of aliphatic imine (C=N–C) groups is 1. The molecule has 1 aliphatic rings. The van der Waals surface area contributed by atoms with Crippen LogP contribution in [0.2, 0.25) is 0 Å². The molecule has 0 spiro atoms. The molecule has 7 heteroatoms. The molecule has 1 unspecified atom stereocenters. The van der Waals surface area contributed by atoms with Crippen LogP contribution in [0.4, 0.5) is 0 Å². The number of nitrogens with one attached hydrogen (secondary N) is 2. The van der Waals surface area contributed by atoms with Gasteiger partial charge < -0.3 is 20.3 Å². The maximum atomic E-state index is 11.8. The van der Waals surface area contributed by atoms with Gasteiger partial charge in [0.2, 0.25) is 5.91 Å². The van der Waals surface area contributed by atoms with Gasteiger partial charge in [-0.1, -0.05) is 6.92 Å². The fourth-order valence-electron chi connectivity index (χ4n) is 2.61. The lowest BCUT2D eigenvalue weighted by Crippen LogP contribution is -2.47. The molecule has 0 saturated carbocycles. The van der Waals surface area contributed by atoms with Crippen molar-refractivity contribution in [2.45, 2.75) is 65.5 Å². The first-order valence-corrected chi connectivity index (χ1v) is 9.04. The molecule has 0 aromatic carbocycles. The van der Waals surface area contributed by atoms with E-state index in [0.29, 0.717) is 19.1 Å². The summed E-state index contributed by atoms with van der Waals surface area (Å²) in [5.41, 5.74) is 0. The van der Waals surface area contributed by atoms with Gasteiger partial charge in [0, 0.05) is 38.7 Å². The molecule has 1 heterocycles. The van der Waals surface area contributed by atoms with Gasteiger partial charge in [0.05, 0.1) is 12.6 Å². The standard InChI is InChI=1S/C17H34N4O2.HI/c1-5-14(4)20-16(22)8-11-19-17(18-6-2)21-12-9-15(10-13-21)23-7-3;/h14-15H,5-13H2,1-4H3,(H,18,19)(H,20,22);1H. The fourth-order valence-corrected chi connectivity index (χ4v) is 2.61. The van der Waals surface area contributed by atoms with Gasteiger partial charge in [0.25, 0.3) is 0 Å². The number of halogens is 1. The summed E-state index contributed by atoms with van der Waals surface area (Å²) in [5, 5.41) is 6.30. The normalized spacial score (nSPS) is 17.2. The van der Waals surface area contributed by atoms with Crippen LogP contribution in [0.3, 0.4) is 0 Å². The lowest BCUT2D eigenvalue weighted by Gasteiger charge is -2.34. The number of piperidine rings is 1. The minimum Gasteiger partial charge on any atom is -0.378 e. The highest BCUT2D eigenvalue weighted by molar-refractivity contribution is 14.0. The quantitative estimate of drug-likeness (QED) is 0.336. The van der Waals surface area contributed by atoms with Crippen LogP contribution in [0.25, 0.3) is 0 Å². The molecule has 0 aliphatic carbocycles. The van der Waals surface area contributed by atoms with Gasteiger partial charge in [-0.15, -0.1) is 24.0 Å². The van der Waals surface area contributed by atoms with Crippen molar-refractivity contribution in [1.82, 2.24) is 15.5 Å². The molecule has 0 aromatic rings. The third-order valence-electron chi connectivity index (χ3n) is 4.10. The van der Waals surface area contributed by atoms with Crippen molar-refractivity contribution in [3.05, 3.63) is 0 Å². The molecule has 1 amide bonds. The number of likely N-dealkylation sites (tertiary alicyclic amines) is 1. The third-order valence-corrected chi connectivity index (χ3v) is 4.10. The van der Waals surface area contributed by atoms with E-state index in [-0.39, 0.29) is 35.9 Å². The molecule has 1 saturated heterocycles. The second-order valence-corrected chi connectivity index (χ2v) is 6.00. The average Bonchev–Trinajstić information content (AvgIpc) is 2.55. The Morgan fingerprint density at radius 1 is 1.29 bits per heavy atom. The van der Waals surface area contributed by atoms with Gasteiger partial charge in [0.1, 0.15) is 0 Å². The maximum Gasteiger partial charge on any atom is 0.222 e. The summed E-state index contributed by atoms with van der Waals surface area (Å²) in [7, 11) is 0. The number of guanidine groups is 1. The van der Waals surface area contributed by atoms with Crippen molar-refractivity contribution in [1.29, 1.82) is 0 Å². The molecule has 142 valence electrons. The second-order valence-electron chi connectivity index (χ2n) is 6.00. The summed E-state index contributed by atoms with van der Waals surface area (Å²) in [6.07, 6.45) is 3.83. The maximum absolute atomic E-state index is 11.8. The number of rotatable bonds is 8. The highest BCUT2D eigenvalue weighted by Crippen LogP contribution is 2.13. The number of hydrogen-bond donors (Lipinski definition) is 2. The molecule has 2 N–H and O–H groups in total. The van der Waals surface area contributed by atoms with E-state index in [1.54, 1.807) is 0 Å². The molecule has 0 bridgehead atoms. The lowest BCUT2D eigenvalue weighted by molar-refractivity contribution is -0.121. The summed E-state index contributed by atoms with van der Waals surface area (Å²) in [6, 6.07) is 0.234. The molecular weight excluding hydrogens is 419 g/mol. The third kappa shape index (κ3) is 9.05. The van der Waals surface area contributed by atoms with Crippen molar-refractivity contribution in [3.63, 3.8) is 0 Å². The SMILES string of the molecule is CCNC(=NCCC(=O)NC(C)CC)N1CCC(OCC)CC1.I. The van der Waals surface area contributed by atoms with Gasteiger partial charge in [-0.05, 0) is 40.0 Å². The van der Waals surface area contributed by atoms with Crippen LogP contribution in [0.1, 0.15) is 53.4 Å².